The Labute approximate surface area is 205 Å². The minimum absolute atomic E-state index is 0. The van der Waals surface area contributed by atoms with Gasteiger partial charge in [0.15, 0.2) is 0 Å². The van der Waals surface area contributed by atoms with Crippen LogP contribution in [0.15, 0.2) is 121 Å². The third kappa shape index (κ3) is 3.59. The molecule has 0 unspecified atom stereocenters. The summed E-state index contributed by atoms with van der Waals surface area (Å²) in [7, 11) is 0. The quantitative estimate of drug-likeness (QED) is 0.422. The molecule has 0 atom stereocenters. The van der Waals surface area contributed by atoms with Crippen molar-refractivity contribution >= 4 is 28.0 Å². The molecule has 2 heteroatoms. The molecule has 0 aliphatic carbocycles. The van der Waals surface area contributed by atoms with E-state index in [4.69, 9.17) is 0 Å². The molecule has 0 fully saturated rings. The Morgan fingerprint density at radius 3 is 0.692 bits per heavy atom. The van der Waals surface area contributed by atoms with Crippen molar-refractivity contribution in [3.8, 4) is 0 Å². The minimum Gasteiger partial charge on any atom is -0.195 e. The van der Waals surface area contributed by atoms with E-state index in [0.717, 1.165) is 0 Å². The van der Waals surface area contributed by atoms with Gasteiger partial charge >= 0.3 is 58.2 Å². The molecule has 0 nitrogen and oxygen atoms in total. The van der Waals surface area contributed by atoms with Crippen molar-refractivity contribution in [3.63, 3.8) is 0 Å². The first kappa shape index (κ1) is 19.5. The summed E-state index contributed by atoms with van der Waals surface area (Å²) < 4.78 is 0. The fourth-order valence-corrected chi connectivity index (χ4v) is 4.12. The van der Waals surface area contributed by atoms with Crippen molar-refractivity contribution in [2.75, 3.05) is 0 Å². The summed E-state index contributed by atoms with van der Waals surface area (Å²) in [4.78, 5) is 0. The van der Waals surface area contributed by atoms with Crippen LogP contribution in [-0.4, -0.2) is 6.15 Å². The van der Waals surface area contributed by atoms with Crippen molar-refractivity contribution in [2.45, 2.75) is 0 Å². The molecule has 0 saturated carbocycles. The van der Waals surface area contributed by atoms with Gasteiger partial charge in [0, 0.05) is 0 Å². The molecule has 4 aromatic rings. The third-order valence-electron chi connectivity index (χ3n) is 5.20. The Hall–Kier alpha value is -1.25. The van der Waals surface area contributed by atoms with Gasteiger partial charge < -0.3 is 0 Å². The fourth-order valence-electron chi connectivity index (χ4n) is 4.12. The summed E-state index contributed by atoms with van der Waals surface area (Å²) in [6.45, 7) is 0. The Kier molecular flexibility index (Phi) is 6.83. The summed E-state index contributed by atoms with van der Waals surface area (Å²) in [5.41, 5.74) is 5.36. The summed E-state index contributed by atoms with van der Waals surface area (Å²) in [5, 5.41) is 0. The second-order valence-electron chi connectivity index (χ2n) is 6.51. The predicted molar refractivity (Wildman–Crippen MR) is 110 cm³/mol. The Bertz CT molecular complexity index is 759. The molecule has 4 rings (SSSR count). The molecular formula is C24H20BRb. The van der Waals surface area contributed by atoms with Crippen LogP contribution >= 0.6 is 0 Å². The second-order valence-corrected chi connectivity index (χ2v) is 6.51. The van der Waals surface area contributed by atoms with E-state index in [1.165, 1.54) is 21.9 Å². The molecule has 120 valence electrons. The molecule has 26 heavy (non-hydrogen) atoms. The van der Waals surface area contributed by atoms with Gasteiger partial charge in [-0.2, -0.15) is 21.9 Å². The van der Waals surface area contributed by atoms with Gasteiger partial charge in [-0.25, -0.2) is 0 Å². The zero-order chi connectivity index (χ0) is 17.0. The maximum Gasteiger partial charge on any atom is 1.00 e. The van der Waals surface area contributed by atoms with Crippen LogP contribution in [0.2, 0.25) is 0 Å². The number of hydrogen-bond donors (Lipinski definition) is 0. The van der Waals surface area contributed by atoms with Crippen molar-refractivity contribution in [3.05, 3.63) is 121 Å². The van der Waals surface area contributed by atoms with E-state index in [-0.39, 0.29) is 58.2 Å². The smallest absolute Gasteiger partial charge is 0.195 e. The van der Waals surface area contributed by atoms with Gasteiger partial charge in [0.2, 0.25) is 0 Å². The first-order valence-electron chi connectivity index (χ1n) is 8.80. The van der Waals surface area contributed by atoms with Gasteiger partial charge in [0.05, 0.1) is 0 Å². The Morgan fingerprint density at radius 2 is 0.500 bits per heavy atom. The van der Waals surface area contributed by atoms with E-state index in [1.54, 1.807) is 0 Å². The Balaban J connectivity index is 0.00000196. The average molecular weight is 405 g/mol. The van der Waals surface area contributed by atoms with E-state index in [0.29, 0.717) is 0 Å². The molecule has 0 N–H and O–H groups in total. The fraction of sp³-hybridized carbons (Fsp3) is 0. The van der Waals surface area contributed by atoms with Gasteiger partial charge in [-0.1, -0.05) is 121 Å². The summed E-state index contributed by atoms with van der Waals surface area (Å²) in [6, 6.07) is 43.5. The summed E-state index contributed by atoms with van der Waals surface area (Å²) >= 11 is 0. The molecule has 0 radical (unpaired) electrons. The van der Waals surface area contributed by atoms with Gasteiger partial charge in [-0.15, -0.1) is 0 Å². The molecule has 0 spiro atoms. The predicted octanol–water partition coefficient (Wildman–Crippen LogP) is 0.0680. The van der Waals surface area contributed by atoms with E-state index in [1.807, 2.05) is 0 Å². The van der Waals surface area contributed by atoms with E-state index < -0.39 is 6.15 Å². The molecule has 0 amide bonds. The SMILES string of the molecule is [Rb+].c1ccc([B-](c2ccccc2)(c2ccccc2)c2ccccc2)cc1. The summed E-state index contributed by atoms with van der Waals surface area (Å²) in [6.07, 6.45) is -1.22. The van der Waals surface area contributed by atoms with Crippen LogP contribution in [0.3, 0.4) is 0 Å². The number of rotatable bonds is 4. The largest absolute Gasteiger partial charge is 1.00 e. The molecule has 0 aliphatic rings. The van der Waals surface area contributed by atoms with Crippen molar-refractivity contribution < 1.29 is 58.2 Å². The minimum atomic E-state index is -1.22. The van der Waals surface area contributed by atoms with Crippen molar-refractivity contribution in [2.24, 2.45) is 0 Å². The second kappa shape index (κ2) is 9.10. The van der Waals surface area contributed by atoms with Gasteiger partial charge in [0.1, 0.15) is 6.15 Å². The number of hydrogen-bond acceptors (Lipinski definition) is 0. The average Bonchev–Trinajstić information content (AvgIpc) is 2.72. The molecule has 0 heterocycles. The van der Waals surface area contributed by atoms with E-state index >= 15 is 0 Å². The number of benzene rings is 4. The third-order valence-corrected chi connectivity index (χ3v) is 5.20. The van der Waals surface area contributed by atoms with Crippen LogP contribution in [0.25, 0.3) is 0 Å². The summed E-state index contributed by atoms with van der Waals surface area (Å²) in [5.74, 6) is 0. The molecular weight excluding hydrogens is 385 g/mol. The van der Waals surface area contributed by atoms with Crippen LogP contribution in [0.5, 0.6) is 0 Å². The zero-order valence-electron chi connectivity index (χ0n) is 15.1. The molecule has 4 aromatic carbocycles. The first-order valence-corrected chi connectivity index (χ1v) is 8.80. The van der Waals surface area contributed by atoms with E-state index in [9.17, 15) is 0 Å². The van der Waals surface area contributed by atoms with Crippen LogP contribution in [0.4, 0.5) is 0 Å². The monoisotopic (exact) mass is 404 g/mol. The van der Waals surface area contributed by atoms with Crippen LogP contribution in [0, 0.1) is 0 Å². The normalized spacial score (nSPS) is 10.8. The van der Waals surface area contributed by atoms with Crippen LogP contribution in [-0.2, 0) is 0 Å². The molecule has 0 aliphatic heterocycles. The molecule has 0 bridgehead atoms. The zero-order valence-corrected chi connectivity index (χ0v) is 20.0. The maximum atomic E-state index is 2.26. The van der Waals surface area contributed by atoms with Crippen LogP contribution in [0.1, 0.15) is 0 Å². The van der Waals surface area contributed by atoms with Gasteiger partial charge in [-0.05, 0) is 0 Å². The van der Waals surface area contributed by atoms with Crippen molar-refractivity contribution in [1.29, 1.82) is 0 Å². The van der Waals surface area contributed by atoms with Gasteiger partial charge in [0.25, 0.3) is 0 Å². The van der Waals surface area contributed by atoms with Gasteiger partial charge in [-0.3, -0.25) is 0 Å². The van der Waals surface area contributed by atoms with E-state index in [2.05, 4.69) is 121 Å². The molecule has 0 saturated heterocycles. The first-order chi connectivity index (χ1) is 12.4. The molecule has 0 aromatic heterocycles. The topological polar surface area (TPSA) is 0 Å². The van der Waals surface area contributed by atoms with Crippen molar-refractivity contribution in [1.82, 2.24) is 0 Å². The maximum absolute atomic E-state index is 2.26. The standard InChI is InChI=1S/C24H20B.Rb/c1-5-13-21(14-6-1)25(22-15-7-2-8-16-22,23-17-9-3-10-18-23)24-19-11-4-12-20-24;/h1-20H;/q-1;+1. The Morgan fingerprint density at radius 1 is 0.308 bits per heavy atom. The van der Waals surface area contributed by atoms with Crippen LogP contribution < -0.4 is 80.0 Å².